The maximum atomic E-state index is 11.7. The third kappa shape index (κ3) is 3.41. The number of rotatable bonds is 5. The highest BCUT2D eigenvalue weighted by molar-refractivity contribution is 7.12. The van der Waals surface area contributed by atoms with Crippen molar-refractivity contribution in [2.75, 3.05) is 6.54 Å². The third-order valence-corrected chi connectivity index (χ3v) is 3.07. The van der Waals surface area contributed by atoms with E-state index in [0.717, 1.165) is 23.3 Å². The van der Waals surface area contributed by atoms with Crippen molar-refractivity contribution in [3.8, 4) is 12.3 Å². The quantitative estimate of drug-likeness (QED) is 0.600. The smallest absolute Gasteiger partial charge is 0.261 e. The van der Waals surface area contributed by atoms with Crippen molar-refractivity contribution >= 4 is 17.2 Å². The average molecular weight is 221 g/mol. The van der Waals surface area contributed by atoms with Crippen LogP contribution in [0, 0.1) is 12.3 Å². The van der Waals surface area contributed by atoms with E-state index in [1.54, 1.807) is 0 Å². The molecule has 2 nitrogen and oxygen atoms in total. The van der Waals surface area contributed by atoms with Gasteiger partial charge in [-0.1, -0.05) is 6.92 Å². The fourth-order valence-corrected chi connectivity index (χ4v) is 2.20. The zero-order valence-electron chi connectivity index (χ0n) is 8.88. The van der Waals surface area contributed by atoms with Gasteiger partial charge in [0.2, 0.25) is 0 Å². The summed E-state index contributed by atoms with van der Waals surface area (Å²) in [6, 6.07) is 2.00. The van der Waals surface area contributed by atoms with Crippen LogP contribution in [0.1, 0.15) is 35.0 Å². The van der Waals surface area contributed by atoms with Crippen LogP contribution >= 0.6 is 11.3 Å². The Morgan fingerprint density at radius 1 is 1.67 bits per heavy atom. The predicted octanol–water partition coefficient (Wildman–Crippen LogP) is 2.45. The molecule has 0 spiro atoms. The molecule has 0 fully saturated rings. The van der Waals surface area contributed by atoms with E-state index in [4.69, 9.17) is 6.42 Å². The summed E-state index contributed by atoms with van der Waals surface area (Å²) in [4.78, 5) is 12.5. The number of thiophene rings is 1. The van der Waals surface area contributed by atoms with Crippen LogP contribution in [0.15, 0.2) is 11.4 Å². The van der Waals surface area contributed by atoms with Crippen LogP contribution in [0.3, 0.4) is 0 Å². The Labute approximate surface area is 94.7 Å². The lowest BCUT2D eigenvalue weighted by atomic mass is 10.2. The molecule has 15 heavy (non-hydrogen) atoms. The maximum absolute atomic E-state index is 11.7. The van der Waals surface area contributed by atoms with Crippen LogP contribution in [-0.4, -0.2) is 12.5 Å². The van der Waals surface area contributed by atoms with Gasteiger partial charge >= 0.3 is 0 Å². The van der Waals surface area contributed by atoms with Gasteiger partial charge in [-0.05, 0) is 29.9 Å². The van der Waals surface area contributed by atoms with E-state index in [9.17, 15) is 4.79 Å². The topological polar surface area (TPSA) is 29.1 Å². The normalized spacial score (nSPS) is 9.60. The molecule has 0 aliphatic carbocycles. The van der Waals surface area contributed by atoms with Crippen LogP contribution in [0.4, 0.5) is 0 Å². The first-order chi connectivity index (χ1) is 7.29. The van der Waals surface area contributed by atoms with Gasteiger partial charge in [0, 0.05) is 13.0 Å². The highest BCUT2D eigenvalue weighted by Gasteiger charge is 2.10. The molecular weight excluding hydrogens is 206 g/mol. The standard InChI is InChI=1S/C12H15NOS/c1-3-5-6-8-13-12(14)11-10(4-2)7-9-15-11/h1,7,9H,4-6,8H2,2H3,(H,13,14). The average Bonchev–Trinajstić information content (AvgIpc) is 2.72. The molecule has 0 bridgehead atoms. The van der Waals surface area contributed by atoms with Crippen molar-refractivity contribution in [2.45, 2.75) is 26.2 Å². The van der Waals surface area contributed by atoms with Crippen molar-refractivity contribution in [3.05, 3.63) is 21.9 Å². The van der Waals surface area contributed by atoms with Crippen LogP contribution < -0.4 is 5.32 Å². The molecule has 1 amide bonds. The maximum Gasteiger partial charge on any atom is 0.261 e. The van der Waals surface area contributed by atoms with Crippen molar-refractivity contribution in [1.82, 2.24) is 5.32 Å². The van der Waals surface area contributed by atoms with E-state index in [-0.39, 0.29) is 5.91 Å². The van der Waals surface area contributed by atoms with Crippen LogP contribution in [-0.2, 0) is 6.42 Å². The first kappa shape index (κ1) is 11.8. The molecule has 0 radical (unpaired) electrons. The van der Waals surface area contributed by atoms with Crippen molar-refractivity contribution < 1.29 is 4.79 Å². The molecule has 3 heteroatoms. The largest absolute Gasteiger partial charge is 0.351 e. The van der Waals surface area contributed by atoms with Gasteiger partial charge in [-0.3, -0.25) is 4.79 Å². The Balaban J connectivity index is 2.44. The van der Waals surface area contributed by atoms with E-state index in [2.05, 4.69) is 18.2 Å². The van der Waals surface area contributed by atoms with Crippen molar-refractivity contribution in [3.63, 3.8) is 0 Å². The summed E-state index contributed by atoms with van der Waals surface area (Å²) in [5.41, 5.74) is 1.12. The second kappa shape index (κ2) is 6.26. The zero-order chi connectivity index (χ0) is 11.1. The second-order valence-electron chi connectivity index (χ2n) is 3.19. The number of hydrogen-bond acceptors (Lipinski definition) is 2. The van der Waals surface area contributed by atoms with Crippen molar-refractivity contribution in [1.29, 1.82) is 0 Å². The number of carbonyl (C=O) groups is 1. The lowest BCUT2D eigenvalue weighted by Gasteiger charge is -2.03. The van der Waals surface area contributed by atoms with Crippen LogP contribution in [0.5, 0.6) is 0 Å². The van der Waals surface area contributed by atoms with E-state index >= 15 is 0 Å². The highest BCUT2D eigenvalue weighted by Crippen LogP contribution is 2.16. The minimum absolute atomic E-state index is 0.0267. The number of unbranched alkanes of at least 4 members (excludes halogenated alkanes) is 1. The first-order valence-corrected chi connectivity index (χ1v) is 5.95. The van der Waals surface area contributed by atoms with Gasteiger partial charge < -0.3 is 5.32 Å². The monoisotopic (exact) mass is 221 g/mol. The van der Waals surface area contributed by atoms with Crippen LogP contribution in [0.2, 0.25) is 0 Å². The lowest BCUT2D eigenvalue weighted by molar-refractivity contribution is 0.0956. The van der Waals surface area contributed by atoms with Gasteiger partial charge in [0.1, 0.15) is 0 Å². The molecule has 0 unspecified atom stereocenters. The first-order valence-electron chi connectivity index (χ1n) is 5.07. The molecule has 1 N–H and O–H groups in total. The van der Waals surface area contributed by atoms with Gasteiger partial charge in [-0.15, -0.1) is 23.7 Å². The van der Waals surface area contributed by atoms with Crippen LogP contribution in [0.25, 0.3) is 0 Å². The molecule has 1 heterocycles. The summed E-state index contributed by atoms with van der Waals surface area (Å²) < 4.78 is 0. The molecule has 0 saturated carbocycles. The fourth-order valence-electron chi connectivity index (χ4n) is 1.29. The molecule has 0 aliphatic heterocycles. The van der Waals surface area contributed by atoms with E-state index in [1.165, 1.54) is 11.3 Å². The Morgan fingerprint density at radius 2 is 2.47 bits per heavy atom. The summed E-state index contributed by atoms with van der Waals surface area (Å²) >= 11 is 1.49. The van der Waals surface area contributed by atoms with E-state index < -0.39 is 0 Å². The number of hydrogen-bond donors (Lipinski definition) is 1. The van der Waals surface area contributed by atoms with Gasteiger partial charge in [-0.25, -0.2) is 0 Å². The van der Waals surface area contributed by atoms with Gasteiger partial charge in [0.25, 0.3) is 5.91 Å². The SMILES string of the molecule is C#CCCCNC(=O)c1sccc1CC. The van der Waals surface area contributed by atoms with E-state index in [0.29, 0.717) is 13.0 Å². The minimum atomic E-state index is 0.0267. The zero-order valence-corrected chi connectivity index (χ0v) is 9.69. The minimum Gasteiger partial charge on any atom is -0.351 e. The number of amides is 1. The number of aryl methyl sites for hydroxylation is 1. The number of carbonyl (C=O) groups excluding carboxylic acids is 1. The summed E-state index contributed by atoms with van der Waals surface area (Å²) in [6.45, 7) is 2.71. The number of nitrogens with one attached hydrogen (secondary N) is 1. The van der Waals surface area contributed by atoms with Gasteiger partial charge in [-0.2, -0.15) is 0 Å². The predicted molar refractivity (Wildman–Crippen MR) is 64.1 cm³/mol. The molecule has 1 aromatic rings. The Kier molecular flexibility index (Phi) is 4.92. The Morgan fingerprint density at radius 3 is 3.13 bits per heavy atom. The molecule has 1 rings (SSSR count). The molecular formula is C12H15NOS. The molecule has 0 aromatic carbocycles. The molecule has 1 aromatic heterocycles. The van der Waals surface area contributed by atoms with Gasteiger partial charge in [0.05, 0.1) is 4.88 Å². The second-order valence-corrected chi connectivity index (χ2v) is 4.11. The Bertz CT molecular complexity index is 362. The van der Waals surface area contributed by atoms with Gasteiger partial charge in [0.15, 0.2) is 0 Å². The molecule has 0 saturated heterocycles. The summed E-state index contributed by atoms with van der Waals surface area (Å²) in [7, 11) is 0. The van der Waals surface area contributed by atoms with Crippen molar-refractivity contribution in [2.24, 2.45) is 0 Å². The molecule has 0 atom stereocenters. The Hall–Kier alpha value is -1.27. The van der Waals surface area contributed by atoms with E-state index in [1.807, 2.05) is 11.4 Å². The highest BCUT2D eigenvalue weighted by atomic mass is 32.1. The summed E-state index contributed by atoms with van der Waals surface area (Å²) in [5, 5.41) is 4.82. The fraction of sp³-hybridized carbons (Fsp3) is 0.417. The third-order valence-electron chi connectivity index (χ3n) is 2.12. The summed E-state index contributed by atoms with van der Waals surface area (Å²) in [6.07, 6.45) is 7.58. The number of terminal acetylenes is 1. The lowest BCUT2D eigenvalue weighted by Crippen LogP contribution is -2.24. The molecule has 80 valence electrons. The molecule has 0 aliphatic rings. The summed E-state index contributed by atoms with van der Waals surface area (Å²) in [5.74, 6) is 2.58.